The first kappa shape index (κ1) is 14.0. The number of halogens is 2. The number of hydrogen-bond donors (Lipinski definition) is 2. The minimum atomic E-state index is -3.47. The molecule has 0 aliphatic carbocycles. The fourth-order valence-corrected chi connectivity index (χ4v) is 1.86. The smallest absolute Gasteiger partial charge is 0.209 e. The minimum Gasteiger partial charge on any atom is -0.312 e. The van der Waals surface area contributed by atoms with Gasteiger partial charge in [0.15, 0.2) is 0 Å². The number of sulfonamides is 1. The van der Waals surface area contributed by atoms with Crippen LogP contribution in [0.25, 0.3) is 0 Å². The van der Waals surface area contributed by atoms with Gasteiger partial charge in [-0.1, -0.05) is 6.07 Å². The van der Waals surface area contributed by atoms with E-state index in [0.717, 1.165) is 0 Å². The molecule has 0 saturated heterocycles. The van der Waals surface area contributed by atoms with Crippen LogP contribution in [-0.2, 0) is 16.6 Å². The maximum atomic E-state index is 13.2. The lowest BCUT2D eigenvalue weighted by Crippen LogP contribution is -2.22. The van der Waals surface area contributed by atoms with Crippen molar-refractivity contribution in [3.63, 3.8) is 0 Å². The van der Waals surface area contributed by atoms with Crippen LogP contribution in [0.3, 0.4) is 0 Å². The van der Waals surface area contributed by atoms with E-state index in [0.29, 0.717) is 13.0 Å². The van der Waals surface area contributed by atoms with Crippen molar-refractivity contribution in [1.82, 2.24) is 5.32 Å². The number of primary sulfonamides is 1. The van der Waals surface area contributed by atoms with Gasteiger partial charge in [-0.3, -0.25) is 0 Å². The molecule has 0 aliphatic heterocycles. The maximum Gasteiger partial charge on any atom is 0.209 e. The Balaban J connectivity index is 2.37. The molecule has 1 aromatic rings. The third-order valence-corrected chi connectivity index (χ3v) is 3.00. The Morgan fingerprint density at radius 2 is 1.82 bits per heavy atom. The van der Waals surface area contributed by atoms with Gasteiger partial charge < -0.3 is 5.32 Å². The normalized spacial score (nSPS) is 11.7. The predicted octanol–water partition coefficient (Wildman–Crippen LogP) is 0.733. The van der Waals surface area contributed by atoms with Crippen LogP contribution < -0.4 is 10.5 Å². The van der Waals surface area contributed by atoms with Crippen LogP contribution in [0.15, 0.2) is 18.2 Å². The molecule has 1 rings (SSSR count). The second kappa shape index (κ2) is 6.04. The van der Waals surface area contributed by atoms with Crippen molar-refractivity contribution in [2.24, 2.45) is 5.14 Å². The molecule has 0 heterocycles. The summed E-state index contributed by atoms with van der Waals surface area (Å²) in [6.45, 7) is 0.341. The summed E-state index contributed by atoms with van der Waals surface area (Å²) >= 11 is 0. The number of hydrogen-bond acceptors (Lipinski definition) is 3. The third-order valence-electron chi connectivity index (χ3n) is 2.15. The first-order valence-corrected chi connectivity index (χ1v) is 6.76. The zero-order valence-electron chi connectivity index (χ0n) is 9.12. The van der Waals surface area contributed by atoms with Crippen molar-refractivity contribution in [3.8, 4) is 0 Å². The molecule has 0 atom stereocenters. The molecule has 0 unspecified atom stereocenters. The molecule has 7 heteroatoms. The molecule has 3 N–H and O–H groups in total. The van der Waals surface area contributed by atoms with E-state index in [4.69, 9.17) is 5.14 Å². The largest absolute Gasteiger partial charge is 0.312 e. The van der Waals surface area contributed by atoms with Crippen LogP contribution in [0.1, 0.15) is 12.0 Å². The van der Waals surface area contributed by atoms with E-state index < -0.39 is 21.7 Å². The van der Waals surface area contributed by atoms with Crippen molar-refractivity contribution in [1.29, 1.82) is 0 Å². The lowest BCUT2D eigenvalue weighted by atomic mass is 10.2. The summed E-state index contributed by atoms with van der Waals surface area (Å²) < 4.78 is 47.5. The van der Waals surface area contributed by atoms with Crippen molar-refractivity contribution >= 4 is 10.0 Å². The Bertz CT molecular complexity index is 457. The highest BCUT2D eigenvalue weighted by Crippen LogP contribution is 2.11. The van der Waals surface area contributed by atoms with Gasteiger partial charge in [-0.2, -0.15) is 0 Å². The van der Waals surface area contributed by atoms with E-state index in [1.165, 1.54) is 18.2 Å². The summed E-state index contributed by atoms with van der Waals surface area (Å²) in [7, 11) is -3.47. The standard InChI is InChI=1S/C10H14F2N2O2S/c11-9-3-1-4-10(12)8(9)7-14-5-2-6-17(13,15)16/h1,3-4,14H,2,5-7H2,(H2,13,15,16). The molecule has 17 heavy (non-hydrogen) atoms. The molecule has 0 amide bonds. The Morgan fingerprint density at radius 1 is 1.24 bits per heavy atom. The van der Waals surface area contributed by atoms with Gasteiger partial charge in [0.25, 0.3) is 0 Å². The zero-order valence-corrected chi connectivity index (χ0v) is 9.93. The average Bonchev–Trinajstić information content (AvgIpc) is 2.20. The molecule has 0 aliphatic rings. The highest BCUT2D eigenvalue weighted by molar-refractivity contribution is 7.89. The first-order chi connectivity index (χ1) is 7.90. The summed E-state index contributed by atoms with van der Waals surface area (Å²) in [6, 6.07) is 3.63. The first-order valence-electron chi connectivity index (χ1n) is 5.04. The molecule has 96 valence electrons. The summed E-state index contributed by atoms with van der Waals surface area (Å²) in [5.41, 5.74) is -0.0527. The lowest BCUT2D eigenvalue weighted by Gasteiger charge is -2.06. The summed E-state index contributed by atoms with van der Waals surface area (Å²) in [6.07, 6.45) is 0.301. The van der Waals surface area contributed by atoms with E-state index >= 15 is 0 Å². The zero-order chi connectivity index (χ0) is 12.9. The molecule has 0 radical (unpaired) electrons. The maximum absolute atomic E-state index is 13.2. The van der Waals surface area contributed by atoms with Crippen LogP contribution >= 0.6 is 0 Å². The topological polar surface area (TPSA) is 72.2 Å². The quantitative estimate of drug-likeness (QED) is 0.744. The Kier molecular flexibility index (Phi) is 4.98. The Labute approximate surface area is 98.9 Å². The van der Waals surface area contributed by atoms with Crippen LogP contribution in [0.2, 0.25) is 0 Å². The number of benzene rings is 1. The monoisotopic (exact) mass is 264 g/mol. The molecular formula is C10H14F2N2O2S. The molecule has 1 aromatic carbocycles. The molecule has 0 fully saturated rings. The second-order valence-electron chi connectivity index (χ2n) is 3.60. The van der Waals surface area contributed by atoms with Crippen LogP contribution in [0, 0.1) is 11.6 Å². The lowest BCUT2D eigenvalue weighted by molar-refractivity contribution is 0.534. The van der Waals surface area contributed by atoms with Crippen LogP contribution in [0.4, 0.5) is 8.78 Å². The molecule has 4 nitrogen and oxygen atoms in total. The molecule has 0 saturated carbocycles. The van der Waals surface area contributed by atoms with E-state index in [-0.39, 0.29) is 17.9 Å². The van der Waals surface area contributed by atoms with E-state index in [1.807, 2.05) is 0 Å². The van der Waals surface area contributed by atoms with E-state index in [2.05, 4.69) is 5.32 Å². The van der Waals surface area contributed by atoms with Gasteiger partial charge in [-0.25, -0.2) is 22.3 Å². The Hall–Kier alpha value is -1.05. The molecule has 0 aromatic heterocycles. The van der Waals surface area contributed by atoms with Gasteiger partial charge in [0.2, 0.25) is 10.0 Å². The van der Waals surface area contributed by atoms with Gasteiger partial charge in [-0.15, -0.1) is 0 Å². The van der Waals surface area contributed by atoms with Gasteiger partial charge in [-0.05, 0) is 25.1 Å². The van der Waals surface area contributed by atoms with Gasteiger partial charge in [0.1, 0.15) is 11.6 Å². The molecule has 0 spiro atoms. The summed E-state index contributed by atoms with van der Waals surface area (Å²) in [5.74, 6) is -1.40. The number of nitrogens with two attached hydrogens (primary N) is 1. The fourth-order valence-electron chi connectivity index (χ4n) is 1.31. The average molecular weight is 264 g/mol. The summed E-state index contributed by atoms with van der Waals surface area (Å²) in [4.78, 5) is 0. The fraction of sp³-hybridized carbons (Fsp3) is 0.400. The van der Waals surface area contributed by atoms with Gasteiger partial charge in [0.05, 0.1) is 5.75 Å². The predicted molar refractivity (Wildman–Crippen MR) is 60.7 cm³/mol. The van der Waals surface area contributed by atoms with Crippen LogP contribution in [0.5, 0.6) is 0 Å². The Morgan fingerprint density at radius 3 is 2.35 bits per heavy atom. The third kappa shape index (κ3) is 5.20. The molecular weight excluding hydrogens is 250 g/mol. The van der Waals surface area contributed by atoms with Crippen LogP contribution in [-0.4, -0.2) is 20.7 Å². The summed E-state index contributed by atoms with van der Waals surface area (Å²) in [5, 5.41) is 7.56. The van der Waals surface area contributed by atoms with E-state index in [1.54, 1.807) is 0 Å². The van der Waals surface area contributed by atoms with Crippen molar-refractivity contribution in [3.05, 3.63) is 35.4 Å². The molecule has 0 bridgehead atoms. The minimum absolute atomic E-state index is 0.0170. The van der Waals surface area contributed by atoms with Crippen molar-refractivity contribution < 1.29 is 17.2 Å². The number of nitrogens with one attached hydrogen (secondary N) is 1. The second-order valence-corrected chi connectivity index (χ2v) is 5.33. The highest BCUT2D eigenvalue weighted by Gasteiger charge is 2.07. The number of rotatable bonds is 6. The van der Waals surface area contributed by atoms with Gasteiger partial charge >= 0.3 is 0 Å². The van der Waals surface area contributed by atoms with Gasteiger partial charge in [0, 0.05) is 12.1 Å². The highest BCUT2D eigenvalue weighted by atomic mass is 32.2. The van der Waals surface area contributed by atoms with E-state index in [9.17, 15) is 17.2 Å². The SMILES string of the molecule is NS(=O)(=O)CCCNCc1c(F)cccc1F. The van der Waals surface area contributed by atoms with Crippen molar-refractivity contribution in [2.45, 2.75) is 13.0 Å². The van der Waals surface area contributed by atoms with Crippen molar-refractivity contribution in [2.75, 3.05) is 12.3 Å².